The topological polar surface area (TPSA) is 184 Å². The molecule has 14 nitrogen and oxygen atoms in total. The number of ether oxygens (including phenoxy) is 7. The summed E-state index contributed by atoms with van der Waals surface area (Å²) in [4.78, 5) is 86.3. The Kier molecular flexibility index (Phi) is 59.4. The number of rotatable bonds is 22. The lowest BCUT2D eigenvalue weighted by molar-refractivity contribution is -0.186. The van der Waals surface area contributed by atoms with E-state index in [2.05, 4.69) is 111 Å². The molecule has 16 fully saturated rings. The first-order valence-corrected chi connectivity index (χ1v) is 53.7. The number of hydrogen-bond donors (Lipinski definition) is 0. The monoisotopic (exact) mass is 2020 g/mol. The number of carbonyl (C=O) groups excluding carboxylic acids is 7. The third-order valence-electron chi connectivity index (χ3n) is 40.6. The van der Waals surface area contributed by atoms with Gasteiger partial charge in [-0.05, 0) is 447 Å². The second kappa shape index (κ2) is 56.6. The van der Waals surface area contributed by atoms with Crippen LogP contribution in [0.1, 0.15) is 608 Å². The zero-order valence-electron chi connectivity index (χ0n) is 88.9. The van der Waals surface area contributed by atoms with E-state index in [1.807, 2.05) is 111 Å². The minimum Gasteiger partial charge on any atom is -0.459 e. The molecule has 0 aromatic heterocycles. The molecule has 0 radical (unpaired) electrons. The Morgan fingerprint density at radius 1 is 0.254 bits per heavy atom. The van der Waals surface area contributed by atoms with Gasteiger partial charge in [-0.1, -0.05) is 237 Å². The molecule has 10 bridgehead atoms. The Hall–Kier alpha value is -3.71. The Morgan fingerprint density at radius 3 is 1.06 bits per heavy atom. The molecule has 0 aromatic rings. The summed E-state index contributed by atoms with van der Waals surface area (Å²) in [6, 6.07) is 0. The highest BCUT2D eigenvalue weighted by atomic mass is 16.6. The molecule has 0 saturated heterocycles. The van der Waals surface area contributed by atoms with Gasteiger partial charge in [0.1, 0.15) is 39.2 Å². The van der Waals surface area contributed by atoms with Crippen LogP contribution in [0.5, 0.6) is 0 Å². The standard InChI is InChI=1S/C18H30O2.C17H28O2.3C17H30O2.C14H24O2.C14H26O2.14CH4/c1-6-16(2,3)15(19)20-17(4,5)18-10-12-7-13(11-18)9-14(18)8-12;1-5-16(2,3)15(18)19-17(4)10-11-9-14(17)13-8-6-7-12(11)13;1-8-14(2,3)13(18)19-17(7)11-12-9-10-16(17,6)15(12,4)5;1-5-16(2,3)15(18)19-17(4)12-8-10-13-9-6-7-11-14(13)17;1-5-16(2,3)15(18)19-17(4)11-10-13-8-6-7-9-14(13)12-17;1-5-13(2,3)12(15)16-14(4)9-10-6-7-11(14)8-10;1-5-13(2,3)12(15)16-14(4)10-8-6-7-9-11-14;;;;;;;;;;;;;;/h12-14H,6-11H2,1-5H3;11-14H,5-10H2,1-4H3;12H,8-11H2,1-7H3;2*13-14H,5-12H2,1-4H3;10-11H,5-9H2,1-4H3;5-11H2,1-4H3;14*1H4. The maximum absolute atomic E-state index is 12.5. The Balaban J connectivity index is -0.000000374. The van der Waals surface area contributed by atoms with Crippen LogP contribution >= 0.6 is 0 Å². The first-order valence-electron chi connectivity index (χ1n) is 53.7. The lowest BCUT2D eigenvalue weighted by atomic mass is 9.63. The SMILES string of the molecule is C.C.C.C.C.C.C.C.C.C.C.C.C.C.CCC(C)(C)C(=O)OC(C)(C)C12CC3CC(CC1C3)C2.CCC(C)(C)C(=O)OC1(C)CC2CC1C1CCCC21.CCC(C)(C)C(=O)OC1(C)CC2CCC1(C)C2(C)C.CCC(C)(C)C(=O)OC1(C)CC2CCC1C2.CCC(C)(C)C(=O)OC1(C)CCC2CCCCC2C1.CCC(C)(C)C(=O)OC1(C)CCCC2CCCCC21.CCC(C)(C)C(=O)OC1(C)CCCCCC1. The van der Waals surface area contributed by atoms with Crippen LogP contribution < -0.4 is 0 Å². The molecule has 0 spiro atoms. The fraction of sp³-hybridized carbons (Fsp3) is 0.945. The molecule has 850 valence electrons. The summed E-state index contributed by atoms with van der Waals surface area (Å²) < 4.78 is 41.9. The summed E-state index contributed by atoms with van der Waals surface area (Å²) in [6.45, 7) is 66.6. The Bertz CT molecular complexity index is 3710. The van der Waals surface area contributed by atoms with E-state index in [1.165, 1.54) is 186 Å². The quantitative estimate of drug-likeness (QED) is 0.0566. The first kappa shape index (κ1) is 149. The van der Waals surface area contributed by atoms with Gasteiger partial charge in [0.25, 0.3) is 0 Å². The third-order valence-corrected chi connectivity index (χ3v) is 40.6. The van der Waals surface area contributed by atoms with Gasteiger partial charge in [0.05, 0.1) is 37.9 Å². The lowest BCUT2D eigenvalue weighted by Crippen LogP contribution is -2.49. The average Bonchev–Trinajstić information content (AvgIpc) is 1.53. The van der Waals surface area contributed by atoms with Gasteiger partial charge >= 0.3 is 41.8 Å². The lowest BCUT2D eigenvalue weighted by Gasteiger charge is -2.48. The van der Waals surface area contributed by atoms with Crippen molar-refractivity contribution >= 4 is 41.8 Å². The fourth-order valence-corrected chi connectivity index (χ4v) is 27.4. The molecule has 142 heavy (non-hydrogen) atoms. The normalized spacial score (nSPS) is 33.1. The summed E-state index contributed by atoms with van der Waals surface area (Å²) in [5, 5.41) is 0. The van der Waals surface area contributed by atoms with Crippen molar-refractivity contribution in [3.63, 3.8) is 0 Å². The third kappa shape index (κ3) is 32.7. The van der Waals surface area contributed by atoms with Gasteiger partial charge in [-0.2, -0.15) is 0 Å². The van der Waals surface area contributed by atoms with Gasteiger partial charge in [0.2, 0.25) is 0 Å². The predicted octanol–water partition coefficient (Wildman–Crippen LogP) is 39.3. The Labute approximate surface area is 887 Å². The number of fused-ring (bicyclic) bond motifs is 11. The molecule has 0 heterocycles. The van der Waals surface area contributed by atoms with Crippen molar-refractivity contribution in [2.45, 2.75) is 647 Å². The van der Waals surface area contributed by atoms with Crippen LogP contribution in [-0.4, -0.2) is 81.0 Å². The highest BCUT2D eigenvalue weighted by molar-refractivity contribution is 5.79. The van der Waals surface area contributed by atoms with E-state index < -0.39 is 0 Å². The average molecular weight is 2020 g/mol. The fourth-order valence-electron chi connectivity index (χ4n) is 27.4. The zero-order chi connectivity index (χ0) is 95.7. The molecule has 16 aliphatic carbocycles. The summed E-state index contributed by atoms with van der Waals surface area (Å²) in [7, 11) is 0. The van der Waals surface area contributed by atoms with Crippen LogP contribution in [0.25, 0.3) is 0 Å². The second-order valence-corrected chi connectivity index (χ2v) is 52.8. The van der Waals surface area contributed by atoms with Gasteiger partial charge < -0.3 is 33.2 Å². The van der Waals surface area contributed by atoms with Crippen LogP contribution in [0.2, 0.25) is 0 Å². The van der Waals surface area contributed by atoms with Gasteiger partial charge in [-0.25, -0.2) is 0 Å². The first-order chi connectivity index (χ1) is 59.1. The number of esters is 7. The summed E-state index contributed by atoms with van der Waals surface area (Å²) >= 11 is 0. The smallest absolute Gasteiger partial charge is 0.312 e. The van der Waals surface area contributed by atoms with Crippen molar-refractivity contribution in [3.05, 3.63) is 0 Å². The largest absolute Gasteiger partial charge is 0.459 e. The minimum absolute atomic E-state index is 0. The number of hydrogen-bond acceptors (Lipinski definition) is 14. The Morgan fingerprint density at radius 2 is 0.641 bits per heavy atom. The van der Waals surface area contributed by atoms with E-state index in [-0.39, 0.29) is 239 Å². The second-order valence-electron chi connectivity index (χ2n) is 52.8. The summed E-state index contributed by atoms with van der Waals surface area (Å²) in [6.07, 6.45) is 52.5. The molecule has 16 rings (SSSR count). The molecule has 19 atom stereocenters. The van der Waals surface area contributed by atoms with Crippen molar-refractivity contribution < 1.29 is 66.7 Å². The van der Waals surface area contributed by atoms with Gasteiger partial charge in [0.15, 0.2) is 0 Å². The van der Waals surface area contributed by atoms with E-state index >= 15 is 0 Å². The molecule has 16 aliphatic rings. The van der Waals surface area contributed by atoms with Crippen LogP contribution in [0.4, 0.5) is 0 Å². The van der Waals surface area contributed by atoms with Gasteiger partial charge in [-0.3, -0.25) is 33.6 Å². The maximum Gasteiger partial charge on any atom is 0.312 e. The maximum atomic E-state index is 12.5. The zero-order valence-corrected chi connectivity index (χ0v) is 88.9. The van der Waals surface area contributed by atoms with Crippen molar-refractivity contribution in [1.82, 2.24) is 0 Å². The van der Waals surface area contributed by atoms with Crippen LogP contribution in [0.15, 0.2) is 0 Å². The molecule has 16 saturated carbocycles. The summed E-state index contributed by atoms with van der Waals surface area (Å²) in [5.41, 5.74) is -3.27. The molecule has 0 amide bonds. The van der Waals surface area contributed by atoms with E-state index in [0.29, 0.717) is 23.7 Å². The molecular weight excluding hydrogens is 1760 g/mol. The van der Waals surface area contributed by atoms with Crippen LogP contribution in [0.3, 0.4) is 0 Å². The van der Waals surface area contributed by atoms with Crippen molar-refractivity contribution in [2.24, 2.45) is 137 Å². The van der Waals surface area contributed by atoms with E-state index in [9.17, 15) is 33.6 Å². The highest BCUT2D eigenvalue weighted by Crippen LogP contribution is 2.72. The van der Waals surface area contributed by atoms with E-state index in [1.54, 1.807) is 0 Å². The molecule has 0 aromatic carbocycles. The molecular formula is C128H254O14. The minimum atomic E-state index is -0.370. The summed E-state index contributed by atoms with van der Waals surface area (Å²) in [5.74, 6) is 11.1. The van der Waals surface area contributed by atoms with E-state index in [0.717, 1.165) is 155 Å². The predicted molar refractivity (Wildman–Crippen MR) is 614 cm³/mol. The van der Waals surface area contributed by atoms with Crippen LogP contribution in [-0.2, 0) is 66.7 Å². The van der Waals surface area contributed by atoms with E-state index in [4.69, 9.17) is 33.2 Å². The molecule has 14 heteroatoms. The molecule has 0 aliphatic heterocycles. The van der Waals surface area contributed by atoms with Crippen molar-refractivity contribution in [2.75, 3.05) is 0 Å². The highest BCUT2D eigenvalue weighted by Gasteiger charge is 2.70. The van der Waals surface area contributed by atoms with Gasteiger partial charge in [0, 0.05) is 22.7 Å². The van der Waals surface area contributed by atoms with Crippen molar-refractivity contribution in [3.8, 4) is 0 Å². The van der Waals surface area contributed by atoms with Gasteiger partial charge in [-0.15, -0.1) is 0 Å². The number of carbonyl (C=O) groups is 7. The van der Waals surface area contributed by atoms with Crippen molar-refractivity contribution in [1.29, 1.82) is 0 Å². The molecule has 19 unspecified atom stereocenters. The van der Waals surface area contributed by atoms with Crippen LogP contribution in [0, 0.1) is 137 Å². The molecule has 0 N–H and O–H groups in total.